The Morgan fingerprint density at radius 3 is 2.87 bits per heavy atom. The Bertz CT molecular complexity index is 531. The van der Waals surface area contributed by atoms with Crippen molar-refractivity contribution < 1.29 is 15.0 Å². The van der Waals surface area contributed by atoms with Gasteiger partial charge in [-0.15, -0.1) is 0 Å². The lowest BCUT2D eigenvalue weighted by molar-refractivity contribution is 0.0698. The molecule has 5 heteroatoms. The number of aromatic nitrogens is 2. The number of aromatic carboxylic acids is 1. The van der Waals surface area contributed by atoms with E-state index in [0.717, 1.165) is 0 Å². The minimum Gasteiger partial charge on any atom is -0.506 e. The van der Waals surface area contributed by atoms with Crippen LogP contribution in [0.2, 0.25) is 0 Å². The molecule has 2 N–H and O–H groups in total. The quantitative estimate of drug-likeness (QED) is 0.776. The van der Waals surface area contributed by atoms with Crippen LogP contribution in [0.15, 0.2) is 18.3 Å². The summed E-state index contributed by atoms with van der Waals surface area (Å²) in [7, 11) is 0. The van der Waals surface area contributed by atoms with Gasteiger partial charge in [0.05, 0.1) is 17.4 Å². The standard InChI is InChI=1S/C10H10N2O3/c1-2-7-9(10(14)15)8-4-3-6(13)5-12(8)11-7/h3-5,13H,2H2,1H3,(H,14,15). The molecule has 0 aromatic carbocycles. The van der Waals surface area contributed by atoms with Gasteiger partial charge in [-0.05, 0) is 18.6 Å². The third-order valence-corrected chi connectivity index (χ3v) is 2.24. The van der Waals surface area contributed by atoms with Gasteiger partial charge in [-0.25, -0.2) is 9.31 Å². The first-order valence-corrected chi connectivity index (χ1v) is 4.57. The van der Waals surface area contributed by atoms with Crippen LogP contribution in [-0.2, 0) is 6.42 Å². The van der Waals surface area contributed by atoms with E-state index in [0.29, 0.717) is 17.6 Å². The lowest BCUT2D eigenvalue weighted by Gasteiger charge is -1.95. The summed E-state index contributed by atoms with van der Waals surface area (Å²) in [5, 5.41) is 22.4. The molecule has 0 unspecified atom stereocenters. The molecule has 2 heterocycles. The van der Waals surface area contributed by atoms with Crippen molar-refractivity contribution in [2.24, 2.45) is 0 Å². The fourth-order valence-electron chi connectivity index (χ4n) is 1.57. The molecule has 0 fully saturated rings. The van der Waals surface area contributed by atoms with Gasteiger partial charge in [-0.1, -0.05) is 6.92 Å². The lowest BCUT2D eigenvalue weighted by atomic mass is 10.1. The molecule has 0 aliphatic rings. The lowest BCUT2D eigenvalue weighted by Crippen LogP contribution is -1.99. The number of carbonyl (C=O) groups is 1. The second-order valence-electron chi connectivity index (χ2n) is 3.20. The predicted molar refractivity (Wildman–Crippen MR) is 53.2 cm³/mol. The number of hydrogen-bond acceptors (Lipinski definition) is 3. The summed E-state index contributed by atoms with van der Waals surface area (Å²) in [5.41, 5.74) is 1.22. The summed E-state index contributed by atoms with van der Waals surface area (Å²) in [6, 6.07) is 2.99. The van der Waals surface area contributed by atoms with E-state index in [1.807, 2.05) is 6.92 Å². The highest BCUT2D eigenvalue weighted by molar-refractivity contribution is 5.97. The SMILES string of the molecule is CCc1nn2cc(O)ccc2c1C(=O)O. The first kappa shape index (κ1) is 9.51. The molecule has 2 rings (SSSR count). The summed E-state index contributed by atoms with van der Waals surface area (Å²) in [6.45, 7) is 1.84. The number of aromatic hydroxyl groups is 1. The van der Waals surface area contributed by atoms with Gasteiger partial charge in [0.1, 0.15) is 11.3 Å². The van der Waals surface area contributed by atoms with E-state index < -0.39 is 5.97 Å². The van der Waals surface area contributed by atoms with Crippen LogP contribution in [-0.4, -0.2) is 25.8 Å². The third kappa shape index (κ3) is 1.41. The first-order chi connectivity index (χ1) is 7.13. The van der Waals surface area contributed by atoms with Crippen molar-refractivity contribution in [1.29, 1.82) is 0 Å². The molecule has 2 aromatic heterocycles. The van der Waals surface area contributed by atoms with E-state index in [2.05, 4.69) is 5.10 Å². The zero-order valence-electron chi connectivity index (χ0n) is 8.14. The summed E-state index contributed by atoms with van der Waals surface area (Å²) >= 11 is 0. The van der Waals surface area contributed by atoms with Crippen LogP contribution in [0.3, 0.4) is 0 Å². The molecule has 0 bridgehead atoms. The Kier molecular flexibility index (Phi) is 2.07. The molecule has 0 saturated heterocycles. The van der Waals surface area contributed by atoms with Gasteiger partial charge in [0.15, 0.2) is 0 Å². The number of carboxylic acid groups (broad SMARTS) is 1. The highest BCUT2D eigenvalue weighted by Gasteiger charge is 2.17. The van der Waals surface area contributed by atoms with Crippen LogP contribution in [0.5, 0.6) is 5.75 Å². The topological polar surface area (TPSA) is 74.8 Å². The largest absolute Gasteiger partial charge is 0.506 e. The molecular weight excluding hydrogens is 196 g/mol. The Balaban J connectivity index is 2.80. The van der Waals surface area contributed by atoms with Crippen LogP contribution in [0.4, 0.5) is 0 Å². The second-order valence-corrected chi connectivity index (χ2v) is 3.20. The van der Waals surface area contributed by atoms with Crippen molar-refractivity contribution in [2.75, 3.05) is 0 Å². The van der Waals surface area contributed by atoms with Crippen molar-refractivity contribution in [3.63, 3.8) is 0 Å². The minimum atomic E-state index is -0.993. The number of pyridine rings is 1. The average molecular weight is 206 g/mol. The van der Waals surface area contributed by atoms with Crippen molar-refractivity contribution in [3.05, 3.63) is 29.6 Å². The molecule has 0 spiro atoms. The molecule has 0 aliphatic heterocycles. The number of aryl methyl sites for hydroxylation is 1. The van der Waals surface area contributed by atoms with Crippen molar-refractivity contribution >= 4 is 11.5 Å². The summed E-state index contributed by atoms with van der Waals surface area (Å²) in [4.78, 5) is 11.0. The van der Waals surface area contributed by atoms with Gasteiger partial charge in [0, 0.05) is 0 Å². The zero-order valence-corrected chi connectivity index (χ0v) is 8.14. The van der Waals surface area contributed by atoms with Gasteiger partial charge < -0.3 is 10.2 Å². The monoisotopic (exact) mass is 206 g/mol. The van der Waals surface area contributed by atoms with E-state index >= 15 is 0 Å². The summed E-state index contributed by atoms with van der Waals surface area (Å²) in [6.07, 6.45) is 1.94. The first-order valence-electron chi connectivity index (χ1n) is 4.57. The second kappa shape index (κ2) is 3.27. The van der Waals surface area contributed by atoms with E-state index in [-0.39, 0.29) is 11.3 Å². The van der Waals surface area contributed by atoms with Crippen molar-refractivity contribution in [1.82, 2.24) is 9.61 Å². The van der Waals surface area contributed by atoms with Crippen LogP contribution >= 0.6 is 0 Å². The van der Waals surface area contributed by atoms with Gasteiger partial charge >= 0.3 is 5.97 Å². The molecular formula is C10H10N2O3. The molecule has 0 saturated carbocycles. The number of carboxylic acids is 1. The van der Waals surface area contributed by atoms with E-state index in [1.54, 1.807) is 6.07 Å². The highest BCUT2D eigenvalue weighted by Crippen LogP contribution is 2.19. The zero-order chi connectivity index (χ0) is 11.0. The van der Waals surface area contributed by atoms with Crippen LogP contribution < -0.4 is 0 Å². The maximum absolute atomic E-state index is 11.0. The number of nitrogens with zero attached hydrogens (tertiary/aromatic N) is 2. The number of rotatable bonds is 2. The molecule has 0 amide bonds. The Hall–Kier alpha value is -2.04. The molecule has 0 aliphatic carbocycles. The third-order valence-electron chi connectivity index (χ3n) is 2.24. The van der Waals surface area contributed by atoms with Gasteiger partial charge in [0.2, 0.25) is 0 Å². The molecule has 2 aromatic rings. The van der Waals surface area contributed by atoms with Crippen LogP contribution in [0.25, 0.3) is 5.52 Å². The predicted octanol–water partition coefficient (Wildman–Crippen LogP) is 1.30. The van der Waals surface area contributed by atoms with Gasteiger partial charge in [0.25, 0.3) is 0 Å². The number of fused-ring (bicyclic) bond motifs is 1. The fraction of sp³-hybridized carbons (Fsp3) is 0.200. The normalized spacial score (nSPS) is 10.7. The Labute approximate surface area is 85.6 Å². The average Bonchev–Trinajstić information content (AvgIpc) is 2.54. The van der Waals surface area contributed by atoms with Crippen molar-refractivity contribution in [3.8, 4) is 5.75 Å². The smallest absolute Gasteiger partial charge is 0.339 e. The maximum Gasteiger partial charge on any atom is 0.339 e. The summed E-state index contributed by atoms with van der Waals surface area (Å²) < 4.78 is 1.39. The molecule has 15 heavy (non-hydrogen) atoms. The fourth-order valence-corrected chi connectivity index (χ4v) is 1.57. The van der Waals surface area contributed by atoms with Gasteiger partial charge in [-0.2, -0.15) is 5.10 Å². The van der Waals surface area contributed by atoms with E-state index in [1.165, 1.54) is 16.8 Å². The Morgan fingerprint density at radius 1 is 1.53 bits per heavy atom. The van der Waals surface area contributed by atoms with Gasteiger partial charge in [-0.3, -0.25) is 0 Å². The molecule has 0 atom stereocenters. The van der Waals surface area contributed by atoms with Crippen LogP contribution in [0, 0.1) is 0 Å². The molecule has 5 nitrogen and oxygen atoms in total. The Morgan fingerprint density at radius 2 is 2.27 bits per heavy atom. The highest BCUT2D eigenvalue weighted by atomic mass is 16.4. The van der Waals surface area contributed by atoms with Crippen LogP contribution in [0.1, 0.15) is 23.0 Å². The number of hydrogen-bond donors (Lipinski definition) is 2. The minimum absolute atomic E-state index is 0.0598. The molecule has 78 valence electrons. The summed E-state index contributed by atoms with van der Waals surface area (Å²) in [5.74, 6) is -0.933. The van der Waals surface area contributed by atoms with E-state index in [4.69, 9.17) is 5.11 Å². The van der Waals surface area contributed by atoms with Crippen molar-refractivity contribution in [2.45, 2.75) is 13.3 Å². The van der Waals surface area contributed by atoms with E-state index in [9.17, 15) is 9.90 Å². The molecule has 0 radical (unpaired) electrons. The maximum atomic E-state index is 11.0.